The van der Waals surface area contributed by atoms with Gasteiger partial charge in [-0.25, -0.2) is 4.79 Å². The summed E-state index contributed by atoms with van der Waals surface area (Å²) in [6.07, 6.45) is 3.53. The summed E-state index contributed by atoms with van der Waals surface area (Å²) in [7, 11) is 0. The number of hydrogen-bond donors (Lipinski definition) is 2. The van der Waals surface area contributed by atoms with Crippen molar-refractivity contribution >= 4 is 17.7 Å². The molecule has 26 heavy (non-hydrogen) atoms. The number of benzene rings is 2. The second-order valence-electron chi connectivity index (χ2n) is 6.12. The molecule has 0 fully saturated rings. The zero-order valence-corrected chi connectivity index (χ0v) is 15.4. The van der Waals surface area contributed by atoms with Crippen LogP contribution in [0.25, 0.3) is 0 Å². The van der Waals surface area contributed by atoms with Gasteiger partial charge in [-0.15, -0.1) is 0 Å². The Morgan fingerprint density at radius 3 is 2.31 bits per heavy atom. The fourth-order valence-electron chi connectivity index (χ4n) is 2.68. The Hall–Kier alpha value is -2.82. The minimum absolute atomic E-state index is 0.207. The third-order valence-electron chi connectivity index (χ3n) is 3.90. The number of nitrogens with one attached hydrogen (secondary N) is 2. The minimum Gasteiger partial charge on any atom is -0.408 e. The molecule has 0 atom stereocenters. The molecule has 0 aliphatic heterocycles. The van der Waals surface area contributed by atoms with Gasteiger partial charge in [0.15, 0.2) is 5.75 Å². The van der Waals surface area contributed by atoms with E-state index in [1.807, 2.05) is 25.1 Å². The maximum Gasteiger partial charge on any atom is 0.412 e. The van der Waals surface area contributed by atoms with E-state index in [4.69, 9.17) is 4.74 Å². The Morgan fingerprint density at radius 1 is 0.962 bits per heavy atom. The molecule has 5 nitrogen and oxygen atoms in total. The highest BCUT2D eigenvalue weighted by atomic mass is 16.6. The van der Waals surface area contributed by atoms with Gasteiger partial charge in [-0.05, 0) is 55.9 Å². The average Bonchev–Trinajstić information content (AvgIpc) is 2.61. The van der Waals surface area contributed by atoms with Crippen molar-refractivity contribution in [2.24, 2.45) is 0 Å². The third-order valence-corrected chi connectivity index (χ3v) is 3.90. The third kappa shape index (κ3) is 6.59. The van der Waals surface area contributed by atoms with Gasteiger partial charge in [0.25, 0.3) is 0 Å². The number of carbonyl (C=O) groups excluding carboxylic acids is 2. The number of aryl methyl sites for hydroxylation is 2. The smallest absolute Gasteiger partial charge is 0.408 e. The SMILES string of the molecule is CCNC(=O)Oc1cc(CCCCc2ccccc2)ccc1NC(C)=O. The van der Waals surface area contributed by atoms with Gasteiger partial charge in [-0.1, -0.05) is 36.4 Å². The molecule has 2 aromatic rings. The van der Waals surface area contributed by atoms with Gasteiger partial charge in [0.1, 0.15) is 0 Å². The molecule has 0 bridgehead atoms. The van der Waals surface area contributed by atoms with E-state index < -0.39 is 6.09 Å². The van der Waals surface area contributed by atoms with Crippen molar-refractivity contribution < 1.29 is 14.3 Å². The summed E-state index contributed by atoms with van der Waals surface area (Å²) in [5.41, 5.74) is 2.91. The fourth-order valence-corrected chi connectivity index (χ4v) is 2.68. The number of hydrogen-bond acceptors (Lipinski definition) is 3. The predicted octanol–water partition coefficient (Wildman–Crippen LogP) is 4.32. The van der Waals surface area contributed by atoms with Crippen LogP contribution in [0.4, 0.5) is 10.5 Å². The van der Waals surface area contributed by atoms with E-state index >= 15 is 0 Å². The number of ether oxygens (including phenoxy) is 1. The number of amides is 2. The molecule has 0 aliphatic carbocycles. The predicted molar refractivity (Wildman–Crippen MR) is 104 cm³/mol. The first-order valence-corrected chi connectivity index (χ1v) is 8.98. The summed E-state index contributed by atoms with van der Waals surface area (Å²) < 4.78 is 5.34. The van der Waals surface area contributed by atoms with Gasteiger partial charge in [0.05, 0.1) is 5.69 Å². The number of rotatable bonds is 8. The first kappa shape index (κ1) is 19.5. The molecule has 2 rings (SSSR count). The Bertz CT molecular complexity index is 729. The van der Waals surface area contributed by atoms with Crippen LogP contribution in [-0.2, 0) is 17.6 Å². The summed E-state index contributed by atoms with van der Waals surface area (Å²) in [4.78, 5) is 23.1. The van der Waals surface area contributed by atoms with Gasteiger partial charge >= 0.3 is 6.09 Å². The van der Waals surface area contributed by atoms with Crippen molar-refractivity contribution in [3.8, 4) is 5.75 Å². The van der Waals surface area contributed by atoms with E-state index in [0.29, 0.717) is 18.0 Å². The molecule has 0 aromatic heterocycles. The first-order chi connectivity index (χ1) is 12.6. The lowest BCUT2D eigenvalue weighted by Gasteiger charge is -2.12. The van der Waals surface area contributed by atoms with Crippen LogP contribution in [0.15, 0.2) is 48.5 Å². The van der Waals surface area contributed by atoms with E-state index in [9.17, 15) is 9.59 Å². The Balaban J connectivity index is 1.96. The molecule has 0 radical (unpaired) electrons. The zero-order chi connectivity index (χ0) is 18.8. The molecule has 138 valence electrons. The summed E-state index contributed by atoms with van der Waals surface area (Å²) in [5.74, 6) is 0.160. The van der Waals surface area contributed by atoms with Crippen molar-refractivity contribution in [3.63, 3.8) is 0 Å². The van der Waals surface area contributed by atoms with Gasteiger partial charge in [-0.2, -0.15) is 0 Å². The monoisotopic (exact) mass is 354 g/mol. The first-order valence-electron chi connectivity index (χ1n) is 8.98. The molecule has 2 aromatic carbocycles. The molecular weight excluding hydrogens is 328 g/mol. The standard InChI is InChI=1S/C21H26N2O3/c1-3-22-21(25)26-20-15-18(13-14-19(20)23-16(2)24)12-8-7-11-17-9-5-4-6-10-17/h4-6,9-10,13-15H,3,7-8,11-12H2,1-2H3,(H,22,25)(H,23,24). The number of anilines is 1. The van der Waals surface area contributed by atoms with E-state index in [-0.39, 0.29) is 5.91 Å². The second-order valence-corrected chi connectivity index (χ2v) is 6.12. The van der Waals surface area contributed by atoms with Crippen LogP contribution in [0.2, 0.25) is 0 Å². The van der Waals surface area contributed by atoms with Gasteiger partial charge in [0.2, 0.25) is 5.91 Å². The van der Waals surface area contributed by atoms with Crippen molar-refractivity contribution in [3.05, 3.63) is 59.7 Å². The zero-order valence-electron chi connectivity index (χ0n) is 15.4. The quantitative estimate of drug-likeness (QED) is 0.694. The van der Waals surface area contributed by atoms with E-state index in [1.54, 1.807) is 6.07 Å². The lowest BCUT2D eigenvalue weighted by molar-refractivity contribution is -0.114. The summed E-state index contributed by atoms with van der Waals surface area (Å²) in [6, 6.07) is 16.0. The Labute approximate surface area is 154 Å². The highest BCUT2D eigenvalue weighted by Crippen LogP contribution is 2.27. The van der Waals surface area contributed by atoms with Crippen LogP contribution in [0.1, 0.15) is 37.8 Å². The van der Waals surface area contributed by atoms with E-state index in [0.717, 1.165) is 31.2 Å². The Morgan fingerprint density at radius 2 is 1.65 bits per heavy atom. The maximum absolute atomic E-state index is 11.7. The van der Waals surface area contributed by atoms with E-state index in [2.05, 4.69) is 34.9 Å². The summed E-state index contributed by atoms with van der Waals surface area (Å²) >= 11 is 0. The largest absolute Gasteiger partial charge is 0.412 e. The van der Waals surface area contributed by atoms with Crippen LogP contribution in [0.5, 0.6) is 5.75 Å². The maximum atomic E-state index is 11.7. The highest BCUT2D eigenvalue weighted by Gasteiger charge is 2.11. The normalized spacial score (nSPS) is 10.2. The van der Waals surface area contributed by atoms with Crippen LogP contribution < -0.4 is 15.4 Å². The van der Waals surface area contributed by atoms with Crippen molar-refractivity contribution in [2.75, 3.05) is 11.9 Å². The van der Waals surface area contributed by atoms with Crippen LogP contribution in [0, 0.1) is 0 Å². The number of unbranched alkanes of at least 4 members (excludes halogenated alkanes) is 1. The molecule has 2 N–H and O–H groups in total. The second kappa shape index (κ2) is 10.2. The van der Waals surface area contributed by atoms with Crippen LogP contribution >= 0.6 is 0 Å². The lowest BCUT2D eigenvalue weighted by Crippen LogP contribution is -2.26. The van der Waals surface area contributed by atoms with Gasteiger partial charge < -0.3 is 15.4 Å². The molecule has 2 amide bonds. The molecule has 0 heterocycles. The minimum atomic E-state index is -0.527. The van der Waals surface area contributed by atoms with Crippen LogP contribution in [-0.4, -0.2) is 18.5 Å². The van der Waals surface area contributed by atoms with Crippen molar-refractivity contribution in [1.29, 1.82) is 0 Å². The van der Waals surface area contributed by atoms with Gasteiger partial charge in [0, 0.05) is 13.5 Å². The molecular formula is C21H26N2O3. The number of carbonyl (C=O) groups is 2. The molecule has 0 saturated heterocycles. The van der Waals surface area contributed by atoms with Crippen LogP contribution in [0.3, 0.4) is 0 Å². The Kier molecular flexibility index (Phi) is 7.68. The molecule has 0 unspecified atom stereocenters. The molecule has 5 heteroatoms. The lowest BCUT2D eigenvalue weighted by atomic mass is 10.0. The fraction of sp³-hybridized carbons (Fsp3) is 0.333. The topological polar surface area (TPSA) is 67.4 Å². The highest BCUT2D eigenvalue weighted by molar-refractivity contribution is 5.91. The molecule has 0 saturated carbocycles. The summed E-state index contributed by atoms with van der Waals surface area (Å²) in [6.45, 7) is 3.72. The summed E-state index contributed by atoms with van der Waals surface area (Å²) in [5, 5.41) is 5.28. The van der Waals surface area contributed by atoms with E-state index in [1.165, 1.54) is 12.5 Å². The molecule has 0 spiro atoms. The molecule has 0 aliphatic rings. The van der Waals surface area contributed by atoms with Crippen molar-refractivity contribution in [1.82, 2.24) is 5.32 Å². The van der Waals surface area contributed by atoms with Crippen molar-refractivity contribution in [2.45, 2.75) is 39.5 Å². The van der Waals surface area contributed by atoms with Gasteiger partial charge in [-0.3, -0.25) is 4.79 Å². The average molecular weight is 354 g/mol.